The number of nitrogens with zero attached hydrogens (tertiary/aromatic N) is 1. The molecule has 4 N–H and O–H groups in total. The lowest BCUT2D eigenvalue weighted by molar-refractivity contribution is 0.0340. The summed E-state index contributed by atoms with van der Waals surface area (Å²) in [6.45, 7) is 5.98. The van der Waals surface area contributed by atoms with Crippen LogP contribution in [-0.4, -0.2) is 44.9 Å². The number of morpholine rings is 1. The van der Waals surface area contributed by atoms with E-state index in [0.717, 1.165) is 62.0 Å². The summed E-state index contributed by atoms with van der Waals surface area (Å²) in [7, 11) is 1.67. The van der Waals surface area contributed by atoms with E-state index in [9.17, 15) is 0 Å². The van der Waals surface area contributed by atoms with Crippen LogP contribution in [0.1, 0.15) is 22.7 Å². The number of methoxy groups -OCH3 is 1. The van der Waals surface area contributed by atoms with Crippen molar-refractivity contribution in [1.29, 1.82) is 0 Å². The number of anilines is 1. The molecule has 0 radical (unpaired) electrons. The van der Waals surface area contributed by atoms with Crippen LogP contribution in [-0.2, 0) is 17.8 Å². The molecule has 6 heteroatoms. The quantitative estimate of drug-likeness (QED) is 0.386. The molecule has 35 heavy (non-hydrogen) atoms. The Kier molecular flexibility index (Phi) is 9.32. The molecule has 1 heterocycles. The van der Waals surface area contributed by atoms with Crippen LogP contribution in [0.25, 0.3) is 0 Å². The lowest BCUT2D eigenvalue weighted by atomic mass is 9.99. The molecule has 1 atom stereocenters. The summed E-state index contributed by atoms with van der Waals surface area (Å²) in [6.07, 6.45) is 2.02. The van der Waals surface area contributed by atoms with Gasteiger partial charge in [-0.1, -0.05) is 54.6 Å². The molecule has 3 aromatic rings. The molecule has 1 aliphatic rings. The van der Waals surface area contributed by atoms with Gasteiger partial charge in [-0.05, 0) is 46.5 Å². The zero-order chi connectivity index (χ0) is 24.3. The van der Waals surface area contributed by atoms with Crippen molar-refractivity contribution in [2.45, 2.75) is 19.1 Å². The molecule has 0 spiro atoms. The zero-order valence-corrected chi connectivity index (χ0v) is 20.5. The number of benzene rings is 3. The van der Waals surface area contributed by atoms with E-state index >= 15 is 0 Å². The highest BCUT2D eigenvalue weighted by Gasteiger charge is 2.15. The zero-order valence-electron chi connectivity index (χ0n) is 20.5. The Hall–Kier alpha value is -3.16. The van der Waals surface area contributed by atoms with Crippen molar-refractivity contribution < 1.29 is 9.47 Å². The molecule has 1 aliphatic heterocycles. The molecule has 1 fully saturated rings. The fourth-order valence-corrected chi connectivity index (χ4v) is 4.21. The molecule has 0 saturated carbocycles. The first-order chi connectivity index (χ1) is 17.2. The third kappa shape index (κ3) is 7.41. The van der Waals surface area contributed by atoms with Crippen LogP contribution in [0.4, 0.5) is 5.69 Å². The van der Waals surface area contributed by atoms with Gasteiger partial charge in [0, 0.05) is 44.6 Å². The van der Waals surface area contributed by atoms with E-state index in [4.69, 9.17) is 15.2 Å². The average Bonchev–Trinajstić information content (AvgIpc) is 2.92. The Bertz CT molecular complexity index is 1060. The van der Waals surface area contributed by atoms with Crippen molar-refractivity contribution in [2.24, 2.45) is 5.73 Å². The normalized spacial score (nSPS) is 15.5. The van der Waals surface area contributed by atoms with Crippen molar-refractivity contribution in [3.8, 4) is 5.75 Å². The van der Waals surface area contributed by atoms with Crippen molar-refractivity contribution in [1.82, 2.24) is 10.2 Å². The van der Waals surface area contributed by atoms with E-state index in [2.05, 4.69) is 39.8 Å². The maximum atomic E-state index is 6.72. The Labute approximate surface area is 208 Å². The average molecular weight is 473 g/mol. The molecule has 1 saturated heterocycles. The van der Waals surface area contributed by atoms with E-state index in [0.29, 0.717) is 6.54 Å². The molecule has 4 rings (SSSR count). The lowest BCUT2D eigenvalue weighted by Gasteiger charge is -2.27. The first-order valence-corrected chi connectivity index (χ1v) is 12.2. The van der Waals surface area contributed by atoms with E-state index in [1.165, 1.54) is 11.1 Å². The number of nitrogens with two attached hydrogens (primary N) is 1. The van der Waals surface area contributed by atoms with E-state index in [-0.39, 0.29) is 6.04 Å². The van der Waals surface area contributed by atoms with Crippen molar-refractivity contribution in [3.05, 3.63) is 107 Å². The van der Waals surface area contributed by atoms with Gasteiger partial charge in [0.1, 0.15) is 5.75 Å². The standard InChI is InChI=1S/C29H36N4O2/c1-34-28-13-11-23(12-14-28)29(30)26(21-32-27-9-3-2-4-10-27)20-31-19-24-7-5-6-8-25(24)22-33-15-17-35-18-16-33/h2-14,21,29,31-32H,15-20,22,30H2,1H3/b26-21-. The third-order valence-corrected chi connectivity index (χ3v) is 6.33. The lowest BCUT2D eigenvalue weighted by Crippen LogP contribution is -2.36. The van der Waals surface area contributed by atoms with Gasteiger partial charge in [-0.25, -0.2) is 0 Å². The van der Waals surface area contributed by atoms with E-state index in [1.807, 2.05) is 60.8 Å². The summed E-state index contributed by atoms with van der Waals surface area (Å²) in [6, 6.07) is 26.5. The van der Waals surface area contributed by atoms with Gasteiger partial charge in [0.05, 0.1) is 26.4 Å². The number of hydrogen-bond donors (Lipinski definition) is 3. The second-order valence-electron chi connectivity index (χ2n) is 8.74. The topological polar surface area (TPSA) is 71.8 Å². The first kappa shape index (κ1) is 24.9. The Morgan fingerprint density at radius 2 is 1.66 bits per heavy atom. The van der Waals surface area contributed by atoms with Crippen LogP contribution >= 0.6 is 0 Å². The number of ether oxygens (including phenoxy) is 2. The maximum Gasteiger partial charge on any atom is 0.118 e. The summed E-state index contributed by atoms with van der Waals surface area (Å²) in [4.78, 5) is 2.46. The summed E-state index contributed by atoms with van der Waals surface area (Å²) in [5.74, 6) is 0.823. The van der Waals surface area contributed by atoms with E-state index in [1.54, 1.807) is 7.11 Å². The molecular formula is C29H36N4O2. The van der Waals surface area contributed by atoms with Gasteiger partial charge in [-0.3, -0.25) is 4.90 Å². The van der Waals surface area contributed by atoms with Crippen LogP contribution in [0, 0.1) is 0 Å². The Morgan fingerprint density at radius 1 is 0.971 bits per heavy atom. The van der Waals surface area contributed by atoms with E-state index < -0.39 is 0 Å². The molecule has 6 nitrogen and oxygen atoms in total. The second kappa shape index (κ2) is 13.1. The number of rotatable bonds is 11. The molecule has 0 aliphatic carbocycles. The van der Waals surface area contributed by atoms with Crippen LogP contribution in [0.2, 0.25) is 0 Å². The molecule has 0 aromatic heterocycles. The summed E-state index contributed by atoms with van der Waals surface area (Å²) < 4.78 is 10.8. The second-order valence-corrected chi connectivity index (χ2v) is 8.74. The van der Waals surface area contributed by atoms with Gasteiger partial charge in [0.2, 0.25) is 0 Å². The number of hydrogen-bond acceptors (Lipinski definition) is 6. The Balaban J connectivity index is 1.44. The molecule has 0 bridgehead atoms. The Morgan fingerprint density at radius 3 is 2.37 bits per heavy atom. The number of para-hydroxylation sites is 1. The highest BCUT2D eigenvalue weighted by Crippen LogP contribution is 2.22. The first-order valence-electron chi connectivity index (χ1n) is 12.2. The van der Waals surface area contributed by atoms with Crippen LogP contribution in [0.15, 0.2) is 90.6 Å². The number of nitrogens with one attached hydrogen (secondary N) is 2. The van der Waals surface area contributed by atoms with Crippen LogP contribution < -0.4 is 21.1 Å². The molecular weight excluding hydrogens is 436 g/mol. The molecule has 184 valence electrons. The highest BCUT2D eigenvalue weighted by atomic mass is 16.5. The van der Waals surface area contributed by atoms with Crippen LogP contribution in [0.3, 0.4) is 0 Å². The summed E-state index contributed by atoms with van der Waals surface area (Å²) >= 11 is 0. The predicted molar refractivity (Wildman–Crippen MR) is 142 cm³/mol. The molecule has 1 unspecified atom stereocenters. The van der Waals surface area contributed by atoms with Gasteiger partial charge in [-0.15, -0.1) is 0 Å². The maximum absolute atomic E-state index is 6.72. The molecule has 0 amide bonds. The monoisotopic (exact) mass is 472 g/mol. The van der Waals surface area contributed by atoms with Gasteiger partial charge in [0.25, 0.3) is 0 Å². The van der Waals surface area contributed by atoms with Gasteiger partial charge in [-0.2, -0.15) is 0 Å². The largest absolute Gasteiger partial charge is 0.497 e. The third-order valence-electron chi connectivity index (χ3n) is 6.33. The van der Waals surface area contributed by atoms with Gasteiger partial charge < -0.3 is 25.8 Å². The minimum Gasteiger partial charge on any atom is -0.497 e. The predicted octanol–water partition coefficient (Wildman–Crippen LogP) is 4.31. The molecule has 3 aromatic carbocycles. The fourth-order valence-electron chi connectivity index (χ4n) is 4.21. The summed E-state index contributed by atoms with van der Waals surface area (Å²) in [5, 5.41) is 7.04. The van der Waals surface area contributed by atoms with Crippen LogP contribution in [0.5, 0.6) is 5.75 Å². The van der Waals surface area contributed by atoms with Gasteiger partial charge in [0.15, 0.2) is 0 Å². The highest BCUT2D eigenvalue weighted by molar-refractivity contribution is 5.46. The minimum atomic E-state index is -0.242. The van der Waals surface area contributed by atoms with Gasteiger partial charge >= 0.3 is 0 Å². The van der Waals surface area contributed by atoms with Crippen molar-refractivity contribution >= 4 is 5.69 Å². The summed E-state index contributed by atoms with van der Waals surface area (Å²) in [5.41, 5.74) is 12.5. The minimum absolute atomic E-state index is 0.242. The SMILES string of the molecule is COc1ccc(C(N)/C(=C\Nc2ccccc2)CNCc2ccccc2CN2CCOCC2)cc1. The van der Waals surface area contributed by atoms with Crippen molar-refractivity contribution in [2.75, 3.05) is 45.3 Å². The fraction of sp³-hybridized carbons (Fsp3) is 0.310. The smallest absolute Gasteiger partial charge is 0.118 e. The van der Waals surface area contributed by atoms with Crippen molar-refractivity contribution in [3.63, 3.8) is 0 Å².